The molecule has 1 aliphatic heterocycles. The number of ether oxygens (including phenoxy) is 1. The zero-order valence-corrected chi connectivity index (χ0v) is 11.5. The molecule has 100 valence electrons. The smallest absolute Gasteiger partial charge is 0.115 e. The van der Waals surface area contributed by atoms with Gasteiger partial charge in [-0.15, -0.1) is 0 Å². The Balaban J connectivity index is 2.17. The minimum Gasteiger partial charge on any atom is -0.508 e. The summed E-state index contributed by atoms with van der Waals surface area (Å²) in [6, 6.07) is 8.35. The van der Waals surface area contributed by atoms with E-state index in [-0.39, 0.29) is 6.10 Å². The monoisotopic (exact) mass is 249 g/mol. The molecule has 3 heteroatoms. The van der Waals surface area contributed by atoms with Crippen LogP contribution in [0, 0.1) is 0 Å². The van der Waals surface area contributed by atoms with Crippen molar-refractivity contribution in [3.63, 3.8) is 0 Å². The third-order valence-corrected chi connectivity index (χ3v) is 3.83. The molecule has 1 saturated heterocycles. The highest BCUT2D eigenvalue weighted by Crippen LogP contribution is 2.28. The molecule has 1 aliphatic rings. The van der Waals surface area contributed by atoms with E-state index >= 15 is 0 Å². The average Bonchev–Trinajstić information content (AvgIpc) is 2.38. The zero-order chi connectivity index (χ0) is 13.1. The van der Waals surface area contributed by atoms with Crippen LogP contribution in [0.2, 0.25) is 0 Å². The van der Waals surface area contributed by atoms with E-state index in [1.54, 1.807) is 6.07 Å². The van der Waals surface area contributed by atoms with Crippen molar-refractivity contribution in [3.05, 3.63) is 29.8 Å². The van der Waals surface area contributed by atoms with E-state index in [4.69, 9.17) is 4.74 Å². The van der Waals surface area contributed by atoms with Crippen molar-refractivity contribution >= 4 is 0 Å². The third kappa shape index (κ3) is 2.85. The van der Waals surface area contributed by atoms with Crippen LogP contribution in [0.4, 0.5) is 0 Å². The van der Waals surface area contributed by atoms with Gasteiger partial charge in [0.15, 0.2) is 0 Å². The van der Waals surface area contributed by atoms with Crippen molar-refractivity contribution in [2.75, 3.05) is 13.2 Å². The van der Waals surface area contributed by atoms with Crippen LogP contribution in [0.5, 0.6) is 5.75 Å². The molecule has 0 spiro atoms. The summed E-state index contributed by atoms with van der Waals surface area (Å²) in [6.07, 6.45) is 1.38. The Morgan fingerprint density at radius 2 is 2.28 bits per heavy atom. The number of hydrogen-bond donors (Lipinski definition) is 1. The van der Waals surface area contributed by atoms with E-state index in [2.05, 4.69) is 31.7 Å². The molecule has 0 amide bonds. The van der Waals surface area contributed by atoms with Crippen LogP contribution in [0.15, 0.2) is 24.3 Å². The van der Waals surface area contributed by atoms with Gasteiger partial charge in [0, 0.05) is 18.6 Å². The second-order valence-corrected chi connectivity index (χ2v) is 5.17. The fourth-order valence-corrected chi connectivity index (χ4v) is 2.67. The highest BCUT2D eigenvalue weighted by Gasteiger charge is 2.29. The van der Waals surface area contributed by atoms with Gasteiger partial charge in [-0.2, -0.15) is 0 Å². The molecule has 1 heterocycles. The van der Waals surface area contributed by atoms with E-state index in [1.807, 2.05) is 12.1 Å². The average molecular weight is 249 g/mol. The Morgan fingerprint density at radius 3 is 2.94 bits per heavy atom. The first kappa shape index (κ1) is 13.4. The summed E-state index contributed by atoms with van der Waals surface area (Å²) in [6.45, 7) is 8.28. The van der Waals surface area contributed by atoms with Gasteiger partial charge in [-0.3, -0.25) is 4.90 Å². The van der Waals surface area contributed by atoms with E-state index in [9.17, 15) is 5.11 Å². The lowest BCUT2D eigenvalue weighted by Gasteiger charge is -2.42. The van der Waals surface area contributed by atoms with E-state index in [1.165, 1.54) is 5.56 Å². The maximum Gasteiger partial charge on any atom is 0.115 e. The molecule has 3 nitrogen and oxygen atoms in total. The number of phenols is 1. The normalized spacial score (nSPS) is 27.1. The van der Waals surface area contributed by atoms with Crippen molar-refractivity contribution in [2.45, 2.75) is 45.4 Å². The number of rotatable bonds is 3. The van der Waals surface area contributed by atoms with Crippen LogP contribution >= 0.6 is 0 Å². The Kier molecular flexibility index (Phi) is 4.25. The molecule has 0 aromatic heterocycles. The molecule has 1 aromatic rings. The molecule has 1 aromatic carbocycles. The van der Waals surface area contributed by atoms with Crippen molar-refractivity contribution in [2.24, 2.45) is 0 Å². The highest BCUT2D eigenvalue weighted by molar-refractivity contribution is 5.29. The number of phenolic OH excluding ortho intramolecular Hbond substituents is 1. The highest BCUT2D eigenvalue weighted by atomic mass is 16.5. The molecule has 0 saturated carbocycles. The van der Waals surface area contributed by atoms with Crippen LogP contribution in [0.25, 0.3) is 0 Å². The Morgan fingerprint density at radius 1 is 1.50 bits per heavy atom. The van der Waals surface area contributed by atoms with Crippen LogP contribution < -0.4 is 0 Å². The molecule has 1 N–H and O–H groups in total. The number of hydrogen-bond acceptors (Lipinski definition) is 3. The fraction of sp³-hybridized carbons (Fsp3) is 0.600. The number of nitrogens with zero attached hydrogens (tertiary/aromatic N) is 1. The molecule has 2 rings (SSSR count). The van der Waals surface area contributed by atoms with Gasteiger partial charge in [0.2, 0.25) is 0 Å². The molecule has 3 atom stereocenters. The Bertz CT molecular complexity index is 394. The Hall–Kier alpha value is -1.06. The summed E-state index contributed by atoms with van der Waals surface area (Å²) < 4.78 is 5.73. The van der Waals surface area contributed by atoms with Crippen LogP contribution in [-0.2, 0) is 4.74 Å². The Labute approximate surface area is 109 Å². The maximum atomic E-state index is 9.59. The summed E-state index contributed by atoms with van der Waals surface area (Å²) >= 11 is 0. The first-order valence-corrected chi connectivity index (χ1v) is 6.78. The second kappa shape index (κ2) is 5.72. The standard InChI is InChI=1S/C15H23NO2/c1-4-14-10-18-11(2)9-16(14)12(3)13-6-5-7-15(17)8-13/h5-8,11-12,14,17H,4,9-10H2,1-3H3. The van der Waals surface area contributed by atoms with Gasteiger partial charge >= 0.3 is 0 Å². The van der Waals surface area contributed by atoms with Gasteiger partial charge in [-0.25, -0.2) is 0 Å². The quantitative estimate of drug-likeness (QED) is 0.894. The summed E-state index contributed by atoms with van der Waals surface area (Å²) in [5.74, 6) is 0.341. The number of benzene rings is 1. The van der Waals surface area contributed by atoms with Crippen molar-refractivity contribution in [3.8, 4) is 5.75 Å². The van der Waals surface area contributed by atoms with Gasteiger partial charge < -0.3 is 9.84 Å². The van der Waals surface area contributed by atoms with Gasteiger partial charge in [-0.05, 0) is 38.0 Å². The maximum absolute atomic E-state index is 9.59. The first-order valence-electron chi connectivity index (χ1n) is 6.78. The summed E-state index contributed by atoms with van der Waals surface area (Å²) in [5, 5.41) is 9.59. The minimum absolute atomic E-state index is 0.285. The van der Waals surface area contributed by atoms with Gasteiger partial charge in [-0.1, -0.05) is 19.1 Å². The van der Waals surface area contributed by atoms with E-state index < -0.39 is 0 Å². The third-order valence-electron chi connectivity index (χ3n) is 3.83. The van der Waals surface area contributed by atoms with Crippen LogP contribution in [0.3, 0.4) is 0 Å². The van der Waals surface area contributed by atoms with Gasteiger partial charge in [0.25, 0.3) is 0 Å². The summed E-state index contributed by atoms with van der Waals surface area (Å²) in [7, 11) is 0. The van der Waals surface area contributed by atoms with Crippen molar-refractivity contribution < 1.29 is 9.84 Å². The van der Waals surface area contributed by atoms with E-state index in [0.29, 0.717) is 17.8 Å². The predicted octanol–water partition coefficient (Wildman–Crippen LogP) is 2.95. The van der Waals surface area contributed by atoms with Crippen LogP contribution in [-0.4, -0.2) is 35.3 Å². The van der Waals surface area contributed by atoms with Crippen molar-refractivity contribution in [1.82, 2.24) is 4.90 Å². The van der Waals surface area contributed by atoms with Gasteiger partial charge in [0.1, 0.15) is 5.75 Å². The minimum atomic E-state index is 0.285. The zero-order valence-electron chi connectivity index (χ0n) is 11.5. The van der Waals surface area contributed by atoms with E-state index in [0.717, 1.165) is 19.6 Å². The SMILES string of the molecule is CCC1COC(C)CN1C(C)c1cccc(O)c1. The molecule has 18 heavy (non-hydrogen) atoms. The molecule has 0 aliphatic carbocycles. The number of aromatic hydroxyl groups is 1. The fourth-order valence-electron chi connectivity index (χ4n) is 2.67. The second-order valence-electron chi connectivity index (χ2n) is 5.17. The van der Waals surface area contributed by atoms with Crippen molar-refractivity contribution in [1.29, 1.82) is 0 Å². The largest absolute Gasteiger partial charge is 0.508 e. The lowest BCUT2D eigenvalue weighted by Crippen LogP contribution is -2.49. The lowest BCUT2D eigenvalue weighted by molar-refractivity contribution is -0.0706. The summed E-state index contributed by atoms with van der Waals surface area (Å²) in [5.41, 5.74) is 1.17. The summed E-state index contributed by atoms with van der Waals surface area (Å²) in [4.78, 5) is 2.49. The van der Waals surface area contributed by atoms with Gasteiger partial charge in [0.05, 0.1) is 12.7 Å². The lowest BCUT2D eigenvalue weighted by atomic mass is 10.0. The molecule has 0 radical (unpaired) electrons. The first-order chi connectivity index (χ1) is 8.61. The molecule has 0 bridgehead atoms. The predicted molar refractivity (Wildman–Crippen MR) is 72.7 cm³/mol. The topological polar surface area (TPSA) is 32.7 Å². The molecule has 1 fully saturated rings. The van der Waals surface area contributed by atoms with Crippen LogP contribution in [0.1, 0.15) is 38.8 Å². The molecule has 3 unspecified atom stereocenters. The number of morpholine rings is 1. The molecular formula is C15H23NO2. The molecular weight excluding hydrogens is 226 g/mol.